The van der Waals surface area contributed by atoms with Gasteiger partial charge in [-0.25, -0.2) is 4.98 Å². The van der Waals surface area contributed by atoms with Crippen molar-refractivity contribution in [3.63, 3.8) is 0 Å². The van der Waals surface area contributed by atoms with Gasteiger partial charge >= 0.3 is 0 Å². The maximum atomic E-state index is 9.33. The van der Waals surface area contributed by atoms with Gasteiger partial charge in [-0.15, -0.1) is 11.3 Å². The van der Waals surface area contributed by atoms with Gasteiger partial charge in [0.15, 0.2) is 0 Å². The van der Waals surface area contributed by atoms with Crippen LogP contribution in [-0.4, -0.2) is 34.7 Å². The lowest BCUT2D eigenvalue weighted by Crippen LogP contribution is -2.36. The van der Waals surface area contributed by atoms with Gasteiger partial charge in [0.05, 0.1) is 16.8 Å². The molecule has 1 aromatic heterocycles. The van der Waals surface area contributed by atoms with Crippen molar-refractivity contribution in [1.29, 1.82) is 0 Å². The second-order valence-electron chi connectivity index (χ2n) is 5.81. The Labute approximate surface area is 134 Å². The van der Waals surface area contributed by atoms with Gasteiger partial charge in [-0.3, -0.25) is 0 Å². The molecule has 0 saturated heterocycles. The summed E-state index contributed by atoms with van der Waals surface area (Å²) in [7, 11) is 2.11. The molecular formula is C16H19ClN2OS. The third kappa shape index (κ3) is 3.64. The fraction of sp³-hybridized carbons (Fsp3) is 0.438. The van der Waals surface area contributed by atoms with E-state index >= 15 is 0 Å². The number of halogens is 1. The van der Waals surface area contributed by atoms with E-state index in [0.29, 0.717) is 5.92 Å². The Bertz CT molecular complexity index is 610. The van der Waals surface area contributed by atoms with Gasteiger partial charge in [-0.05, 0) is 31.9 Å². The third-order valence-corrected chi connectivity index (χ3v) is 5.12. The fourth-order valence-corrected chi connectivity index (χ4v) is 3.90. The van der Waals surface area contributed by atoms with Gasteiger partial charge in [-0.1, -0.05) is 29.8 Å². The zero-order chi connectivity index (χ0) is 14.8. The first-order valence-corrected chi connectivity index (χ1v) is 8.43. The van der Waals surface area contributed by atoms with Crippen LogP contribution < -0.4 is 0 Å². The number of rotatable bonds is 5. The van der Waals surface area contributed by atoms with E-state index in [0.717, 1.165) is 47.2 Å². The van der Waals surface area contributed by atoms with Crippen LogP contribution in [0.1, 0.15) is 18.5 Å². The maximum Gasteiger partial charge on any atom is 0.125 e. The van der Waals surface area contributed by atoms with E-state index in [4.69, 9.17) is 16.6 Å². The molecule has 1 aliphatic carbocycles. The largest absolute Gasteiger partial charge is 0.393 e. The Morgan fingerprint density at radius 1 is 1.38 bits per heavy atom. The van der Waals surface area contributed by atoms with Crippen LogP contribution in [0.3, 0.4) is 0 Å². The van der Waals surface area contributed by atoms with Gasteiger partial charge in [0.2, 0.25) is 0 Å². The van der Waals surface area contributed by atoms with Gasteiger partial charge < -0.3 is 10.0 Å². The molecule has 112 valence electrons. The molecule has 2 aromatic rings. The summed E-state index contributed by atoms with van der Waals surface area (Å²) in [6, 6.07) is 7.81. The minimum Gasteiger partial charge on any atom is -0.393 e. The Balaban J connectivity index is 1.61. The minimum atomic E-state index is -0.0745. The van der Waals surface area contributed by atoms with Crippen molar-refractivity contribution in [3.8, 4) is 10.6 Å². The smallest absolute Gasteiger partial charge is 0.125 e. The third-order valence-electron chi connectivity index (χ3n) is 3.87. The van der Waals surface area contributed by atoms with E-state index in [1.54, 1.807) is 11.3 Å². The van der Waals surface area contributed by atoms with Crippen LogP contribution in [-0.2, 0) is 6.54 Å². The van der Waals surface area contributed by atoms with Crippen LogP contribution in [0.5, 0.6) is 0 Å². The number of thiazole rings is 1. The van der Waals surface area contributed by atoms with Crippen LogP contribution in [0.4, 0.5) is 0 Å². The number of nitrogens with zero attached hydrogens (tertiary/aromatic N) is 2. The summed E-state index contributed by atoms with van der Waals surface area (Å²) >= 11 is 7.85. The van der Waals surface area contributed by atoms with Crippen LogP contribution in [0.25, 0.3) is 10.6 Å². The molecule has 0 atom stereocenters. The molecule has 0 unspecified atom stereocenters. The monoisotopic (exact) mass is 322 g/mol. The molecule has 0 amide bonds. The molecule has 0 spiro atoms. The Morgan fingerprint density at radius 3 is 2.86 bits per heavy atom. The number of aliphatic hydroxyl groups excluding tert-OH is 1. The highest BCUT2D eigenvalue weighted by atomic mass is 35.5. The van der Waals surface area contributed by atoms with Crippen molar-refractivity contribution in [2.24, 2.45) is 5.92 Å². The van der Waals surface area contributed by atoms with Crippen LogP contribution >= 0.6 is 22.9 Å². The van der Waals surface area contributed by atoms with E-state index in [2.05, 4.69) is 17.3 Å². The molecule has 1 aromatic carbocycles. The highest BCUT2D eigenvalue weighted by Gasteiger charge is 2.27. The Kier molecular flexibility index (Phi) is 4.60. The summed E-state index contributed by atoms with van der Waals surface area (Å²) in [6.07, 6.45) is 1.80. The molecule has 5 heteroatoms. The molecule has 0 bridgehead atoms. The van der Waals surface area contributed by atoms with Crippen molar-refractivity contribution < 1.29 is 5.11 Å². The molecule has 0 radical (unpaired) electrons. The lowest BCUT2D eigenvalue weighted by molar-refractivity contribution is 0.0272. The molecule has 1 aliphatic rings. The van der Waals surface area contributed by atoms with Gasteiger partial charge in [0, 0.05) is 24.0 Å². The molecule has 0 aliphatic heterocycles. The fourth-order valence-electron chi connectivity index (χ4n) is 2.77. The summed E-state index contributed by atoms with van der Waals surface area (Å²) in [4.78, 5) is 6.97. The standard InChI is InChI=1S/C16H19ClN2OS/c1-19(8-11-6-13(20)7-11)9-12-10-21-16(18-12)14-4-2-3-5-15(14)17/h2-5,10-11,13,20H,6-9H2,1H3. The first-order valence-electron chi connectivity index (χ1n) is 7.17. The molecule has 1 N–H and O–H groups in total. The highest BCUT2D eigenvalue weighted by molar-refractivity contribution is 7.13. The van der Waals surface area contributed by atoms with E-state index in [1.165, 1.54) is 0 Å². The zero-order valence-electron chi connectivity index (χ0n) is 12.0. The summed E-state index contributed by atoms with van der Waals surface area (Å²) in [6.45, 7) is 1.86. The van der Waals surface area contributed by atoms with Crippen molar-refractivity contribution in [3.05, 3.63) is 40.4 Å². The predicted octanol–water partition coefficient (Wildman–Crippen LogP) is 3.67. The lowest BCUT2D eigenvalue weighted by Gasteiger charge is -2.34. The first-order chi connectivity index (χ1) is 10.1. The number of hydrogen-bond acceptors (Lipinski definition) is 4. The SMILES string of the molecule is CN(Cc1csc(-c2ccccc2Cl)n1)CC1CC(O)C1. The molecule has 3 nitrogen and oxygen atoms in total. The van der Waals surface area contributed by atoms with Crippen molar-refractivity contribution in [2.75, 3.05) is 13.6 Å². The average Bonchev–Trinajstić information content (AvgIpc) is 2.85. The Morgan fingerprint density at radius 2 is 2.14 bits per heavy atom. The lowest BCUT2D eigenvalue weighted by atomic mass is 9.82. The molecule has 1 heterocycles. The zero-order valence-corrected chi connectivity index (χ0v) is 13.6. The normalized spacial score (nSPS) is 21.5. The predicted molar refractivity (Wildman–Crippen MR) is 87.6 cm³/mol. The number of aliphatic hydroxyl groups is 1. The van der Waals surface area contributed by atoms with Crippen LogP contribution in [0.15, 0.2) is 29.6 Å². The van der Waals surface area contributed by atoms with E-state index < -0.39 is 0 Å². The van der Waals surface area contributed by atoms with Crippen molar-refractivity contribution >= 4 is 22.9 Å². The highest BCUT2D eigenvalue weighted by Crippen LogP contribution is 2.31. The van der Waals surface area contributed by atoms with E-state index in [-0.39, 0.29) is 6.10 Å². The maximum absolute atomic E-state index is 9.33. The number of aromatic nitrogens is 1. The Hall–Kier alpha value is -0.940. The molecular weight excluding hydrogens is 304 g/mol. The molecule has 1 fully saturated rings. The second-order valence-corrected chi connectivity index (χ2v) is 7.08. The summed E-state index contributed by atoms with van der Waals surface area (Å²) in [5, 5.41) is 13.2. The van der Waals surface area contributed by atoms with E-state index in [1.807, 2.05) is 24.3 Å². The minimum absolute atomic E-state index is 0.0745. The quantitative estimate of drug-likeness (QED) is 0.912. The van der Waals surface area contributed by atoms with Gasteiger partial charge in [-0.2, -0.15) is 0 Å². The molecule has 3 rings (SSSR count). The van der Waals surface area contributed by atoms with Crippen LogP contribution in [0, 0.1) is 5.92 Å². The second kappa shape index (κ2) is 6.44. The van der Waals surface area contributed by atoms with Gasteiger partial charge in [0.25, 0.3) is 0 Å². The van der Waals surface area contributed by atoms with Gasteiger partial charge in [0.1, 0.15) is 5.01 Å². The topological polar surface area (TPSA) is 36.4 Å². The average molecular weight is 323 g/mol. The summed E-state index contributed by atoms with van der Waals surface area (Å²) < 4.78 is 0. The first kappa shape index (κ1) is 15.0. The van der Waals surface area contributed by atoms with E-state index in [9.17, 15) is 5.11 Å². The van der Waals surface area contributed by atoms with Crippen molar-refractivity contribution in [2.45, 2.75) is 25.5 Å². The molecule has 21 heavy (non-hydrogen) atoms. The molecule has 1 saturated carbocycles. The van der Waals surface area contributed by atoms with Crippen molar-refractivity contribution in [1.82, 2.24) is 9.88 Å². The summed E-state index contributed by atoms with van der Waals surface area (Å²) in [5.74, 6) is 0.631. The number of benzene rings is 1. The number of hydrogen-bond donors (Lipinski definition) is 1. The summed E-state index contributed by atoms with van der Waals surface area (Å²) in [5.41, 5.74) is 2.08. The van der Waals surface area contributed by atoms with Crippen LogP contribution in [0.2, 0.25) is 5.02 Å².